The number of carboxylic acids is 1. The summed E-state index contributed by atoms with van der Waals surface area (Å²) in [5.41, 5.74) is 6.68. The highest BCUT2D eigenvalue weighted by Crippen LogP contribution is 2.54. The zero-order valence-electron chi connectivity index (χ0n) is 24.7. The minimum atomic E-state index is -3.78. The van der Waals surface area contributed by atoms with Gasteiger partial charge in [-0.3, -0.25) is 9.29 Å². The van der Waals surface area contributed by atoms with Gasteiger partial charge in [0.25, 0.3) is 0 Å². The predicted molar refractivity (Wildman–Crippen MR) is 160 cm³/mol. The zero-order chi connectivity index (χ0) is 30.0. The van der Waals surface area contributed by atoms with E-state index in [2.05, 4.69) is 5.32 Å². The van der Waals surface area contributed by atoms with Crippen molar-refractivity contribution < 1.29 is 27.8 Å². The minimum absolute atomic E-state index is 0.420. The molecule has 5 rings (SSSR count). The van der Waals surface area contributed by atoms with Gasteiger partial charge in [0.15, 0.2) is 6.10 Å². The third kappa shape index (κ3) is 4.82. The number of carbonyl (C=O) groups is 1. The largest absolute Gasteiger partial charge is 0.490 e. The van der Waals surface area contributed by atoms with Crippen LogP contribution < -0.4 is 14.4 Å². The van der Waals surface area contributed by atoms with Crippen LogP contribution in [0.15, 0.2) is 30.5 Å². The number of nitrogens with one attached hydrogen (secondary N) is 1. The summed E-state index contributed by atoms with van der Waals surface area (Å²) in [5.74, 6) is -0.426. The maximum atomic E-state index is 13.4. The highest BCUT2D eigenvalue weighted by Gasteiger charge is 2.41. The van der Waals surface area contributed by atoms with Gasteiger partial charge in [0.2, 0.25) is 10.0 Å². The summed E-state index contributed by atoms with van der Waals surface area (Å²) < 4.78 is 40.2. The number of aliphatic carboxylic acids is 1. The molecule has 1 aromatic heterocycles. The molecule has 41 heavy (non-hydrogen) atoms. The van der Waals surface area contributed by atoms with Gasteiger partial charge in [-0.05, 0) is 88.4 Å². The van der Waals surface area contributed by atoms with Crippen LogP contribution in [-0.2, 0) is 19.6 Å². The molecule has 0 unspecified atom stereocenters. The van der Waals surface area contributed by atoms with Crippen molar-refractivity contribution in [2.45, 2.75) is 66.2 Å². The Morgan fingerprint density at radius 1 is 1.15 bits per heavy atom. The lowest BCUT2D eigenvalue weighted by Gasteiger charge is -2.40. The minimum Gasteiger partial charge on any atom is -0.490 e. The molecule has 2 aliphatic rings. The van der Waals surface area contributed by atoms with Crippen molar-refractivity contribution in [1.29, 1.82) is 0 Å². The topological polar surface area (TPSA) is 118 Å². The first-order valence-corrected chi connectivity index (χ1v) is 15.5. The molecule has 0 bridgehead atoms. The first kappa shape index (κ1) is 28.9. The number of nitrogens with zero attached hydrogens (tertiary/aromatic N) is 2. The summed E-state index contributed by atoms with van der Waals surface area (Å²) in [7, 11) is -3.78. The highest BCUT2D eigenvalue weighted by molar-refractivity contribution is 7.92. The summed E-state index contributed by atoms with van der Waals surface area (Å²) in [6.45, 7) is 14.1. The van der Waals surface area contributed by atoms with E-state index in [0.717, 1.165) is 33.7 Å². The van der Waals surface area contributed by atoms with Crippen LogP contribution >= 0.6 is 0 Å². The molecule has 3 aromatic rings. The molecule has 10 heteroatoms. The third-order valence-electron chi connectivity index (χ3n) is 7.79. The normalized spacial score (nSPS) is 17.1. The molecule has 3 heterocycles. The van der Waals surface area contributed by atoms with Gasteiger partial charge in [-0.15, -0.1) is 0 Å². The number of rotatable bonds is 5. The molecule has 9 nitrogen and oxygen atoms in total. The van der Waals surface area contributed by atoms with Gasteiger partial charge in [-0.25, -0.2) is 13.2 Å². The number of sulfonamides is 1. The fourth-order valence-electron chi connectivity index (χ4n) is 6.20. The van der Waals surface area contributed by atoms with Crippen molar-refractivity contribution in [3.8, 4) is 28.1 Å². The van der Waals surface area contributed by atoms with Crippen LogP contribution in [0.4, 0.5) is 11.4 Å². The second-order valence-electron chi connectivity index (χ2n) is 11.8. The van der Waals surface area contributed by atoms with Gasteiger partial charge >= 0.3 is 5.97 Å². The highest BCUT2D eigenvalue weighted by atomic mass is 32.2. The third-order valence-corrected chi connectivity index (χ3v) is 9.00. The van der Waals surface area contributed by atoms with Gasteiger partial charge in [-0.1, -0.05) is 12.1 Å². The molecule has 0 saturated heterocycles. The lowest BCUT2D eigenvalue weighted by atomic mass is 9.79. The monoisotopic (exact) mass is 579 g/mol. The van der Waals surface area contributed by atoms with Gasteiger partial charge < -0.3 is 19.9 Å². The van der Waals surface area contributed by atoms with E-state index in [1.165, 1.54) is 10.6 Å². The number of hydrogen-bond acceptors (Lipinski definition) is 7. The number of carboxylic acid groups (broad SMARTS) is 1. The second kappa shape index (κ2) is 10.0. The number of ether oxygens (including phenoxy) is 2. The van der Waals surface area contributed by atoms with Crippen molar-refractivity contribution in [1.82, 2.24) is 4.98 Å². The van der Waals surface area contributed by atoms with Gasteiger partial charge in [0.05, 0.1) is 35.0 Å². The number of aromatic nitrogens is 1. The summed E-state index contributed by atoms with van der Waals surface area (Å²) in [5, 5.41) is 14.0. The first-order valence-electron chi connectivity index (χ1n) is 13.7. The van der Waals surface area contributed by atoms with E-state index >= 15 is 0 Å². The van der Waals surface area contributed by atoms with Crippen molar-refractivity contribution in [3.05, 3.63) is 58.3 Å². The van der Waals surface area contributed by atoms with Gasteiger partial charge in [0, 0.05) is 29.4 Å². The molecule has 2 aliphatic heterocycles. The number of fused-ring (bicyclic) bond motifs is 4. The Hall–Kier alpha value is -3.63. The van der Waals surface area contributed by atoms with Crippen molar-refractivity contribution >= 4 is 27.4 Å². The van der Waals surface area contributed by atoms with E-state index in [-0.39, 0.29) is 0 Å². The van der Waals surface area contributed by atoms with Crippen LogP contribution in [-0.4, -0.2) is 49.5 Å². The molecule has 2 atom stereocenters. The first-order chi connectivity index (χ1) is 19.1. The second-order valence-corrected chi connectivity index (χ2v) is 13.6. The smallest absolute Gasteiger partial charge is 0.337 e. The Bertz CT molecular complexity index is 1680. The van der Waals surface area contributed by atoms with E-state index in [1.54, 1.807) is 40.0 Å². The lowest BCUT2D eigenvalue weighted by Crippen LogP contribution is -2.37. The standard InChI is InChI=1S/C31H37N3O6S/c1-16-20(11-12-22-26(16)33-14-15-39-22)23-17(2)25-27-21(10-9-13-32-27)19(4)34(41(8,37)38)28(25)18(3)24(23)29(30(35)36)40-31(5,6)7/h9-13,19,29,33H,14-15H2,1-8H3,(H,35,36)/t19-,29+/m1/s1. The summed E-state index contributed by atoms with van der Waals surface area (Å²) in [6.07, 6.45) is 1.51. The summed E-state index contributed by atoms with van der Waals surface area (Å²) in [4.78, 5) is 17.7. The van der Waals surface area contributed by atoms with Crippen LogP contribution in [0, 0.1) is 20.8 Å². The van der Waals surface area contributed by atoms with Crippen LogP contribution in [0.2, 0.25) is 0 Å². The maximum absolute atomic E-state index is 13.4. The molecule has 0 spiro atoms. The number of pyridine rings is 1. The fourth-order valence-corrected chi connectivity index (χ4v) is 7.45. The van der Waals surface area contributed by atoms with Crippen LogP contribution in [0.1, 0.15) is 67.7 Å². The number of anilines is 2. The van der Waals surface area contributed by atoms with Crippen LogP contribution in [0.25, 0.3) is 22.4 Å². The average Bonchev–Trinajstić information content (AvgIpc) is 2.89. The quantitative estimate of drug-likeness (QED) is 0.382. The maximum Gasteiger partial charge on any atom is 0.337 e. The SMILES string of the molecule is Cc1c(-c2c(C)c3c(c(C)c2[C@H](OC(C)(C)C)C(=O)O)N(S(C)(=O)=O)[C@H](C)c2cccnc2-3)ccc2c1NCCO2. The molecule has 0 amide bonds. The molecule has 0 saturated carbocycles. The Morgan fingerprint density at radius 3 is 2.49 bits per heavy atom. The fraction of sp³-hybridized carbons (Fsp3) is 0.419. The van der Waals surface area contributed by atoms with Crippen molar-refractivity contribution in [2.24, 2.45) is 0 Å². The molecule has 218 valence electrons. The molecule has 2 aromatic carbocycles. The molecule has 0 aliphatic carbocycles. The number of hydrogen-bond donors (Lipinski definition) is 2. The number of benzene rings is 2. The van der Waals surface area contributed by atoms with E-state index in [0.29, 0.717) is 46.8 Å². The van der Waals surface area contributed by atoms with E-state index in [1.807, 2.05) is 39.0 Å². The average molecular weight is 580 g/mol. The predicted octanol–water partition coefficient (Wildman–Crippen LogP) is 5.93. The summed E-state index contributed by atoms with van der Waals surface area (Å²) >= 11 is 0. The zero-order valence-corrected chi connectivity index (χ0v) is 25.6. The molecule has 0 radical (unpaired) electrons. The van der Waals surface area contributed by atoms with Gasteiger partial charge in [-0.2, -0.15) is 0 Å². The van der Waals surface area contributed by atoms with E-state index < -0.39 is 33.7 Å². The Labute approximate surface area is 241 Å². The molecular weight excluding hydrogens is 542 g/mol. The molecular formula is C31H37N3O6S. The van der Waals surface area contributed by atoms with Crippen LogP contribution in [0.5, 0.6) is 5.75 Å². The van der Waals surface area contributed by atoms with E-state index in [4.69, 9.17) is 14.5 Å². The van der Waals surface area contributed by atoms with Gasteiger partial charge in [0.1, 0.15) is 12.4 Å². The molecule has 2 N–H and O–H groups in total. The van der Waals surface area contributed by atoms with Crippen molar-refractivity contribution in [3.63, 3.8) is 0 Å². The van der Waals surface area contributed by atoms with Crippen molar-refractivity contribution in [2.75, 3.05) is 29.0 Å². The van der Waals surface area contributed by atoms with Crippen LogP contribution in [0.3, 0.4) is 0 Å². The summed E-state index contributed by atoms with van der Waals surface area (Å²) in [6, 6.07) is 6.98. The Kier molecular flexibility index (Phi) is 7.06. The van der Waals surface area contributed by atoms with E-state index in [9.17, 15) is 18.3 Å². The molecule has 0 fully saturated rings. The lowest BCUT2D eigenvalue weighted by molar-refractivity contribution is -0.160. The Balaban J connectivity index is 1.98. The Morgan fingerprint density at radius 2 is 1.85 bits per heavy atom.